The molecule has 4 amide bonds. The van der Waals surface area contributed by atoms with E-state index in [4.69, 9.17) is 17.2 Å². The Labute approximate surface area is 212 Å². The van der Waals surface area contributed by atoms with Gasteiger partial charge in [0.2, 0.25) is 23.6 Å². The Kier molecular flexibility index (Phi) is 7.54. The predicted molar refractivity (Wildman–Crippen MR) is 139 cm³/mol. The number of carbonyl (C=O) groups is 4. The van der Waals surface area contributed by atoms with Crippen LogP contribution in [0.3, 0.4) is 0 Å². The maximum Gasteiger partial charge on any atom is 0.243 e. The van der Waals surface area contributed by atoms with E-state index in [1.807, 2.05) is 48.5 Å². The molecule has 0 aliphatic heterocycles. The summed E-state index contributed by atoms with van der Waals surface area (Å²) in [5.74, 6) is -2.98. The summed E-state index contributed by atoms with van der Waals surface area (Å²) in [5, 5.41) is 6.85. The second-order valence-electron chi connectivity index (χ2n) is 8.93. The molecule has 0 unspecified atom stereocenters. The van der Waals surface area contributed by atoms with E-state index in [1.54, 1.807) is 12.4 Å². The van der Waals surface area contributed by atoms with Crippen LogP contribution in [0.2, 0.25) is 0 Å². The third-order valence-corrected chi connectivity index (χ3v) is 6.25. The minimum Gasteiger partial charge on any atom is -0.370 e. The van der Waals surface area contributed by atoms with Crippen LogP contribution in [0.5, 0.6) is 0 Å². The van der Waals surface area contributed by atoms with Gasteiger partial charge in [0.25, 0.3) is 0 Å². The quantitative estimate of drug-likeness (QED) is 0.152. The van der Waals surface area contributed by atoms with Gasteiger partial charge in [0.15, 0.2) is 0 Å². The van der Waals surface area contributed by atoms with Crippen LogP contribution in [0.4, 0.5) is 0 Å². The van der Waals surface area contributed by atoms with Gasteiger partial charge >= 0.3 is 0 Å². The Bertz CT molecular complexity index is 1460. The van der Waals surface area contributed by atoms with E-state index in [-0.39, 0.29) is 12.8 Å². The minimum absolute atomic E-state index is 0.113. The van der Waals surface area contributed by atoms with Crippen molar-refractivity contribution in [2.45, 2.75) is 37.4 Å². The SMILES string of the molecule is NC(=O)C[C@@H](NC(=O)[C@@H](N)Cc1c[nH]c2ccccc12)C(=O)N[C@H](Cc1c[nH]c2ccccc12)C(N)=O. The molecular formula is C26H29N7O4. The lowest BCUT2D eigenvalue weighted by atomic mass is 10.0. The highest BCUT2D eigenvalue weighted by Crippen LogP contribution is 2.20. The Morgan fingerprint density at radius 2 is 1.24 bits per heavy atom. The summed E-state index contributed by atoms with van der Waals surface area (Å²) in [6.45, 7) is 0. The molecule has 0 bridgehead atoms. The number of fused-ring (bicyclic) bond motifs is 2. The van der Waals surface area contributed by atoms with Gasteiger partial charge in [0, 0.05) is 40.6 Å². The standard InChI is InChI=1S/C26H29N7O4/c27-18(9-14-12-30-19-7-3-1-5-16(14)19)25(36)33-22(11-23(28)34)26(37)32-21(24(29)35)10-15-13-31-20-8-4-2-6-17(15)20/h1-8,12-13,18,21-22,30-31H,9-11,27H2,(H2,28,34)(H2,29,35)(H,32,37)(H,33,36)/t18-,21+,22+/m0/s1. The summed E-state index contributed by atoms with van der Waals surface area (Å²) >= 11 is 0. The number of nitrogens with one attached hydrogen (secondary N) is 4. The average Bonchev–Trinajstić information content (AvgIpc) is 3.47. The number of amides is 4. The highest BCUT2D eigenvalue weighted by molar-refractivity contribution is 5.96. The van der Waals surface area contributed by atoms with Gasteiger partial charge in [-0.3, -0.25) is 19.2 Å². The van der Waals surface area contributed by atoms with E-state index in [1.165, 1.54) is 0 Å². The van der Waals surface area contributed by atoms with Gasteiger partial charge in [-0.25, -0.2) is 0 Å². The number of hydrogen-bond acceptors (Lipinski definition) is 5. The Morgan fingerprint density at radius 1 is 0.730 bits per heavy atom. The molecule has 0 saturated carbocycles. The third kappa shape index (κ3) is 5.96. The number of primary amides is 2. The van der Waals surface area contributed by atoms with Crippen LogP contribution in [0.15, 0.2) is 60.9 Å². The Hall–Kier alpha value is -4.64. The van der Waals surface area contributed by atoms with Crippen LogP contribution < -0.4 is 27.8 Å². The first-order chi connectivity index (χ1) is 17.7. The zero-order valence-electron chi connectivity index (χ0n) is 20.0. The van der Waals surface area contributed by atoms with Crippen LogP contribution in [0, 0.1) is 0 Å². The van der Waals surface area contributed by atoms with Crippen molar-refractivity contribution in [2.75, 3.05) is 0 Å². The molecule has 0 fully saturated rings. The van der Waals surface area contributed by atoms with Gasteiger partial charge in [-0.15, -0.1) is 0 Å². The van der Waals surface area contributed by atoms with Crippen molar-refractivity contribution in [3.8, 4) is 0 Å². The summed E-state index contributed by atoms with van der Waals surface area (Å²) < 4.78 is 0. The van der Waals surface area contributed by atoms with Crippen LogP contribution >= 0.6 is 0 Å². The molecule has 2 aromatic heterocycles. The molecule has 11 nitrogen and oxygen atoms in total. The fourth-order valence-corrected chi connectivity index (χ4v) is 4.33. The summed E-state index contributed by atoms with van der Waals surface area (Å²) in [6.07, 6.45) is 3.34. The first-order valence-electron chi connectivity index (χ1n) is 11.8. The van der Waals surface area contributed by atoms with Crippen LogP contribution in [0.25, 0.3) is 21.8 Å². The molecule has 4 rings (SSSR count). The average molecular weight is 504 g/mol. The topological polar surface area (TPSA) is 202 Å². The van der Waals surface area contributed by atoms with Gasteiger partial charge < -0.3 is 37.8 Å². The molecule has 0 aliphatic rings. The monoisotopic (exact) mass is 503 g/mol. The van der Waals surface area contributed by atoms with Gasteiger partial charge in [-0.05, 0) is 29.7 Å². The van der Waals surface area contributed by atoms with Crippen molar-refractivity contribution in [1.29, 1.82) is 0 Å². The van der Waals surface area contributed by atoms with E-state index < -0.39 is 48.2 Å². The lowest BCUT2D eigenvalue weighted by Gasteiger charge is -2.22. The van der Waals surface area contributed by atoms with Crippen molar-refractivity contribution < 1.29 is 19.2 Å². The van der Waals surface area contributed by atoms with Crippen LogP contribution in [-0.2, 0) is 32.0 Å². The van der Waals surface area contributed by atoms with E-state index >= 15 is 0 Å². The first-order valence-corrected chi connectivity index (χ1v) is 11.8. The Balaban J connectivity index is 1.44. The molecular weight excluding hydrogens is 474 g/mol. The molecule has 37 heavy (non-hydrogen) atoms. The molecule has 2 aromatic carbocycles. The number of aromatic nitrogens is 2. The second kappa shape index (κ2) is 11.0. The zero-order valence-corrected chi connectivity index (χ0v) is 20.0. The van der Waals surface area contributed by atoms with E-state index in [9.17, 15) is 19.2 Å². The number of nitrogens with two attached hydrogens (primary N) is 3. The van der Waals surface area contributed by atoms with Gasteiger partial charge in [-0.1, -0.05) is 36.4 Å². The van der Waals surface area contributed by atoms with Gasteiger partial charge in [0.1, 0.15) is 12.1 Å². The maximum atomic E-state index is 13.0. The smallest absolute Gasteiger partial charge is 0.243 e. The number of H-pyrrole nitrogens is 2. The summed E-state index contributed by atoms with van der Waals surface area (Å²) in [4.78, 5) is 55.9. The number of rotatable bonds is 11. The molecule has 3 atom stereocenters. The number of benzene rings is 2. The zero-order chi connectivity index (χ0) is 26.5. The molecule has 0 aliphatic carbocycles. The largest absolute Gasteiger partial charge is 0.370 e. The number of carbonyl (C=O) groups excluding carboxylic acids is 4. The highest BCUT2D eigenvalue weighted by Gasteiger charge is 2.29. The molecule has 10 N–H and O–H groups in total. The summed E-state index contributed by atoms with van der Waals surface area (Å²) in [6, 6.07) is 11.7. The van der Waals surface area contributed by atoms with Crippen LogP contribution in [-0.4, -0.2) is 51.7 Å². The fraction of sp³-hybridized carbons (Fsp3) is 0.231. The molecule has 2 heterocycles. The molecule has 0 spiro atoms. The second-order valence-corrected chi connectivity index (χ2v) is 8.93. The van der Waals surface area contributed by atoms with Crippen molar-refractivity contribution in [3.63, 3.8) is 0 Å². The van der Waals surface area contributed by atoms with Crippen molar-refractivity contribution in [2.24, 2.45) is 17.2 Å². The van der Waals surface area contributed by atoms with Crippen molar-refractivity contribution in [1.82, 2.24) is 20.6 Å². The van der Waals surface area contributed by atoms with Crippen molar-refractivity contribution in [3.05, 3.63) is 72.1 Å². The summed E-state index contributed by atoms with van der Waals surface area (Å²) in [7, 11) is 0. The van der Waals surface area contributed by atoms with Crippen molar-refractivity contribution >= 4 is 45.4 Å². The molecule has 0 saturated heterocycles. The fourth-order valence-electron chi connectivity index (χ4n) is 4.33. The molecule has 192 valence electrons. The van der Waals surface area contributed by atoms with Gasteiger partial charge in [0.05, 0.1) is 12.5 Å². The molecule has 4 aromatic rings. The van der Waals surface area contributed by atoms with E-state index in [0.717, 1.165) is 32.9 Å². The number of para-hydroxylation sites is 2. The number of aromatic amines is 2. The van der Waals surface area contributed by atoms with Crippen LogP contribution in [0.1, 0.15) is 17.5 Å². The minimum atomic E-state index is -1.33. The first kappa shape index (κ1) is 25.5. The van der Waals surface area contributed by atoms with E-state index in [2.05, 4.69) is 20.6 Å². The predicted octanol–water partition coefficient (Wildman–Crippen LogP) is 0.0920. The third-order valence-electron chi connectivity index (χ3n) is 6.25. The lowest BCUT2D eigenvalue weighted by Crippen LogP contribution is -2.56. The normalized spacial score (nSPS) is 13.6. The summed E-state index contributed by atoms with van der Waals surface area (Å²) in [5.41, 5.74) is 20.4. The molecule has 0 radical (unpaired) electrons. The van der Waals surface area contributed by atoms with Gasteiger partial charge in [-0.2, -0.15) is 0 Å². The Morgan fingerprint density at radius 3 is 1.78 bits per heavy atom. The lowest BCUT2D eigenvalue weighted by molar-refractivity contribution is -0.133. The van der Waals surface area contributed by atoms with E-state index in [0.29, 0.717) is 0 Å². The molecule has 11 heteroatoms. The maximum absolute atomic E-state index is 13.0. The highest BCUT2D eigenvalue weighted by atomic mass is 16.2. The number of hydrogen-bond donors (Lipinski definition) is 7.